The van der Waals surface area contributed by atoms with E-state index in [1.54, 1.807) is 13.8 Å². The van der Waals surface area contributed by atoms with Crippen molar-refractivity contribution in [2.24, 2.45) is 5.73 Å². The minimum absolute atomic E-state index is 0.342. The molecule has 4 heteroatoms. The van der Waals surface area contributed by atoms with Gasteiger partial charge in [-0.15, -0.1) is 11.8 Å². The maximum absolute atomic E-state index is 11.4. The van der Waals surface area contributed by atoms with Gasteiger partial charge in [-0.2, -0.15) is 0 Å². The second-order valence-corrected chi connectivity index (χ2v) is 4.50. The van der Waals surface area contributed by atoms with E-state index in [9.17, 15) is 4.79 Å². The molecule has 0 amide bonds. The van der Waals surface area contributed by atoms with E-state index in [-0.39, 0.29) is 5.97 Å². The van der Waals surface area contributed by atoms with E-state index in [2.05, 4.69) is 0 Å². The quantitative estimate of drug-likeness (QED) is 0.645. The first-order valence-corrected chi connectivity index (χ1v) is 6.44. The van der Waals surface area contributed by atoms with Crippen molar-refractivity contribution in [1.29, 1.82) is 0 Å². The summed E-state index contributed by atoms with van der Waals surface area (Å²) in [5.41, 5.74) is 7.50. The van der Waals surface area contributed by atoms with E-state index >= 15 is 0 Å². The summed E-state index contributed by atoms with van der Waals surface area (Å²) < 4.78 is 4.89. The molecule has 0 saturated carbocycles. The number of esters is 1. The molecule has 0 saturated heterocycles. The van der Waals surface area contributed by atoms with E-state index in [4.69, 9.17) is 10.5 Å². The summed E-state index contributed by atoms with van der Waals surface area (Å²) in [4.78, 5) is 11.4. The van der Waals surface area contributed by atoms with Crippen LogP contribution in [0.3, 0.4) is 0 Å². The van der Waals surface area contributed by atoms with Crippen LogP contribution in [0.1, 0.15) is 19.4 Å². The molecule has 0 heterocycles. The van der Waals surface area contributed by atoms with Crippen molar-refractivity contribution in [1.82, 2.24) is 0 Å². The lowest BCUT2D eigenvalue weighted by Crippen LogP contribution is -2.10. The van der Waals surface area contributed by atoms with Gasteiger partial charge in [0.05, 0.1) is 17.2 Å². The Kier molecular flexibility index (Phi) is 5.63. The van der Waals surface area contributed by atoms with Crippen LogP contribution in [0.25, 0.3) is 0 Å². The Morgan fingerprint density at radius 3 is 2.59 bits per heavy atom. The van der Waals surface area contributed by atoms with E-state index in [0.717, 1.165) is 5.75 Å². The lowest BCUT2D eigenvalue weighted by molar-refractivity contribution is -0.138. The number of rotatable bonds is 5. The molecule has 1 aromatic carbocycles. The summed E-state index contributed by atoms with van der Waals surface area (Å²) in [5, 5.41) is 0.521. The molecular weight excluding hydrogens is 234 g/mol. The Morgan fingerprint density at radius 2 is 2.00 bits per heavy atom. The van der Waals surface area contributed by atoms with Crippen LogP contribution < -0.4 is 5.73 Å². The van der Waals surface area contributed by atoms with Gasteiger partial charge < -0.3 is 10.5 Å². The Bertz CT molecular complexity index is 401. The highest BCUT2D eigenvalue weighted by Crippen LogP contribution is 2.20. The van der Waals surface area contributed by atoms with Crippen LogP contribution in [-0.2, 0) is 15.3 Å². The highest BCUT2D eigenvalue weighted by atomic mass is 32.2. The van der Waals surface area contributed by atoms with Crippen LogP contribution in [0, 0.1) is 0 Å². The molecule has 0 radical (unpaired) electrons. The summed E-state index contributed by atoms with van der Waals surface area (Å²) in [6.07, 6.45) is 0. The molecule has 0 atom stereocenters. The Hall–Kier alpha value is -1.42. The smallest absolute Gasteiger partial charge is 0.336 e. The van der Waals surface area contributed by atoms with Crippen molar-refractivity contribution in [3.63, 3.8) is 0 Å². The first-order chi connectivity index (χ1) is 8.15. The van der Waals surface area contributed by atoms with E-state index in [0.29, 0.717) is 17.2 Å². The summed E-state index contributed by atoms with van der Waals surface area (Å²) in [6, 6.07) is 9.99. The minimum Gasteiger partial charge on any atom is -0.463 e. The molecule has 2 N–H and O–H groups in total. The number of benzene rings is 1. The number of thioether (sulfide) groups is 1. The standard InChI is InChI=1S/C13H17NO2S/c1-3-16-13(15)10(2)12(14)17-9-11-7-5-4-6-8-11/h4-8H,3,9,14H2,1-2H3. The van der Waals surface area contributed by atoms with Crippen molar-refractivity contribution in [2.45, 2.75) is 19.6 Å². The number of hydrogen-bond donors (Lipinski definition) is 1. The fourth-order valence-corrected chi connectivity index (χ4v) is 2.00. The first kappa shape index (κ1) is 13.6. The average Bonchev–Trinajstić information content (AvgIpc) is 2.36. The SMILES string of the molecule is CCOC(=O)C(C)=C(N)SCc1ccccc1. The predicted molar refractivity (Wildman–Crippen MR) is 71.3 cm³/mol. The van der Waals surface area contributed by atoms with Gasteiger partial charge >= 0.3 is 5.97 Å². The Labute approximate surface area is 106 Å². The summed E-state index contributed by atoms with van der Waals surface area (Å²) >= 11 is 1.45. The molecule has 92 valence electrons. The zero-order chi connectivity index (χ0) is 12.7. The van der Waals surface area contributed by atoms with E-state index in [1.165, 1.54) is 17.3 Å². The largest absolute Gasteiger partial charge is 0.463 e. The fourth-order valence-electron chi connectivity index (χ4n) is 1.18. The van der Waals surface area contributed by atoms with Crippen molar-refractivity contribution >= 4 is 17.7 Å². The third-order valence-corrected chi connectivity index (χ3v) is 3.28. The molecule has 0 aliphatic carbocycles. The van der Waals surface area contributed by atoms with Crippen molar-refractivity contribution < 1.29 is 9.53 Å². The number of carbonyl (C=O) groups is 1. The van der Waals surface area contributed by atoms with Crippen molar-refractivity contribution in [3.8, 4) is 0 Å². The first-order valence-electron chi connectivity index (χ1n) is 5.45. The number of carbonyl (C=O) groups excluding carboxylic acids is 1. The lowest BCUT2D eigenvalue weighted by atomic mass is 10.2. The van der Waals surface area contributed by atoms with Gasteiger partial charge in [-0.05, 0) is 19.4 Å². The number of hydrogen-bond acceptors (Lipinski definition) is 4. The maximum atomic E-state index is 11.4. The molecule has 0 fully saturated rings. The summed E-state index contributed by atoms with van der Waals surface area (Å²) in [5.74, 6) is 0.411. The fraction of sp³-hybridized carbons (Fsp3) is 0.308. The van der Waals surface area contributed by atoms with Crippen LogP contribution in [0.4, 0.5) is 0 Å². The van der Waals surface area contributed by atoms with Gasteiger partial charge in [0.1, 0.15) is 0 Å². The van der Waals surface area contributed by atoms with E-state index < -0.39 is 0 Å². The topological polar surface area (TPSA) is 52.3 Å². The van der Waals surface area contributed by atoms with Gasteiger partial charge in [0.2, 0.25) is 0 Å². The normalized spacial score (nSPS) is 11.9. The predicted octanol–water partition coefficient (Wildman–Crippen LogP) is 2.67. The van der Waals surface area contributed by atoms with Gasteiger partial charge in [0.15, 0.2) is 0 Å². The molecular formula is C13H17NO2S. The highest BCUT2D eigenvalue weighted by molar-refractivity contribution is 8.02. The third kappa shape index (κ3) is 4.53. The van der Waals surface area contributed by atoms with Crippen LogP contribution >= 0.6 is 11.8 Å². The molecule has 0 aliphatic heterocycles. The molecule has 1 aromatic rings. The highest BCUT2D eigenvalue weighted by Gasteiger charge is 2.09. The molecule has 0 bridgehead atoms. The molecule has 17 heavy (non-hydrogen) atoms. The van der Waals surface area contributed by atoms with Gasteiger partial charge in [-0.1, -0.05) is 30.3 Å². The maximum Gasteiger partial charge on any atom is 0.336 e. The monoisotopic (exact) mass is 251 g/mol. The second-order valence-electron chi connectivity index (χ2n) is 3.48. The molecule has 3 nitrogen and oxygen atoms in total. The minimum atomic E-state index is -0.342. The summed E-state index contributed by atoms with van der Waals surface area (Å²) in [7, 11) is 0. The van der Waals surface area contributed by atoms with Gasteiger partial charge in [0, 0.05) is 5.75 Å². The number of ether oxygens (including phenoxy) is 1. The lowest BCUT2D eigenvalue weighted by Gasteiger charge is -2.06. The van der Waals surface area contributed by atoms with Crippen LogP contribution in [0.5, 0.6) is 0 Å². The Balaban J connectivity index is 2.56. The van der Waals surface area contributed by atoms with Gasteiger partial charge in [0.25, 0.3) is 0 Å². The molecule has 0 spiro atoms. The second kappa shape index (κ2) is 7.01. The zero-order valence-electron chi connectivity index (χ0n) is 10.1. The van der Waals surface area contributed by atoms with Crippen molar-refractivity contribution in [2.75, 3.05) is 6.61 Å². The van der Waals surface area contributed by atoms with Gasteiger partial charge in [-0.3, -0.25) is 0 Å². The third-order valence-electron chi connectivity index (χ3n) is 2.19. The molecule has 0 aromatic heterocycles. The summed E-state index contributed by atoms with van der Waals surface area (Å²) in [6.45, 7) is 3.83. The van der Waals surface area contributed by atoms with Crippen LogP contribution in [0.2, 0.25) is 0 Å². The molecule has 0 aliphatic rings. The van der Waals surface area contributed by atoms with Crippen LogP contribution in [0.15, 0.2) is 40.9 Å². The zero-order valence-corrected chi connectivity index (χ0v) is 10.9. The molecule has 0 unspecified atom stereocenters. The average molecular weight is 251 g/mol. The van der Waals surface area contributed by atoms with Crippen LogP contribution in [-0.4, -0.2) is 12.6 Å². The van der Waals surface area contributed by atoms with Crippen molar-refractivity contribution in [3.05, 3.63) is 46.5 Å². The van der Waals surface area contributed by atoms with Gasteiger partial charge in [-0.25, -0.2) is 4.79 Å². The van der Waals surface area contributed by atoms with E-state index in [1.807, 2.05) is 30.3 Å². The number of nitrogens with two attached hydrogens (primary N) is 1. The molecule has 1 rings (SSSR count). The Morgan fingerprint density at radius 1 is 1.35 bits per heavy atom.